The predicted octanol–water partition coefficient (Wildman–Crippen LogP) is 5.63. The molecule has 0 aliphatic rings. The van der Waals surface area contributed by atoms with Gasteiger partial charge in [0.15, 0.2) is 7.14 Å². The standard InChI is InChI=1S/C25H20N3O5P/c29-27(30)21-15-11-19(12-16-21)25(26-20-13-17-22(18-14-20)28(31)32)34(33,23-7-3-1-4-8-23)24-9-5-2-6-10-24/h1-18,25-26H. The Bertz CT molecular complexity index is 1300. The van der Waals surface area contributed by atoms with Crippen molar-refractivity contribution in [2.45, 2.75) is 5.78 Å². The van der Waals surface area contributed by atoms with Gasteiger partial charge in [-0.25, -0.2) is 0 Å². The Balaban J connectivity index is 1.89. The van der Waals surface area contributed by atoms with Gasteiger partial charge in [-0.1, -0.05) is 60.7 Å². The van der Waals surface area contributed by atoms with Crippen LogP contribution in [0.25, 0.3) is 0 Å². The lowest BCUT2D eigenvalue weighted by atomic mass is 10.2. The van der Waals surface area contributed by atoms with Gasteiger partial charge < -0.3 is 9.88 Å². The molecule has 0 aromatic heterocycles. The second kappa shape index (κ2) is 9.68. The topological polar surface area (TPSA) is 115 Å². The van der Waals surface area contributed by atoms with Crippen LogP contribution in [0.5, 0.6) is 0 Å². The van der Waals surface area contributed by atoms with E-state index in [9.17, 15) is 20.2 Å². The molecule has 170 valence electrons. The van der Waals surface area contributed by atoms with E-state index in [0.29, 0.717) is 21.9 Å². The Morgan fingerprint density at radius 3 is 1.44 bits per heavy atom. The molecule has 0 bridgehead atoms. The van der Waals surface area contributed by atoms with Crippen LogP contribution in [0.3, 0.4) is 0 Å². The lowest BCUT2D eigenvalue weighted by molar-refractivity contribution is -0.385. The van der Waals surface area contributed by atoms with Crippen LogP contribution in [-0.4, -0.2) is 9.85 Å². The molecule has 0 aliphatic heterocycles. The highest BCUT2D eigenvalue weighted by Gasteiger charge is 2.38. The molecule has 9 heteroatoms. The summed E-state index contributed by atoms with van der Waals surface area (Å²) in [5, 5.41) is 26.8. The SMILES string of the molecule is O=[N+]([O-])c1ccc(NC(c2ccc([N+](=O)[O-])cc2)P(=O)(c2ccccc2)c2ccccc2)cc1. The van der Waals surface area contributed by atoms with Crippen LogP contribution in [0, 0.1) is 20.2 Å². The van der Waals surface area contributed by atoms with Gasteiger partial charge in [0.2, 0.25) is 0 Å². The molecule has 0 aliphatic carbocycles. The van der Waals surface area contributed by atoms with E-state index in [1.54, 1.807) is 48.5 Å². The summed E-state index contributed by atoms with van der Waals surface area (Å²) in [6, 6.07) is 29.8. The fourth-order valence-electron chi connectivity index (χ4n) is 3.75. The van der Waals surface area contributed by atoms with Crippen molar-refractivity contribution < 1.29 is 14.4 Å². The first kappa shape index (κ1) is 22.9. The summed E-state index contributed by atoms with van der Waals surface area (Å²) in [6.45, 7) is 0. The molecule has 0 saturated heterocycles. The van der Waals surface area contributed by atoms with E-state index in [4.69, 9.17) is 0 Å². The summed E-state index contributed by atoms with van der Waals surface area (Å²) in [5.74, 6) is -0.792. The number of non-ortho nitro benzene ring substituents is 2. The quantitative estimate of drug-likeness (QED) is 0.202. The maximum atomic E-state index is 15.0. The molecule has 1 atom stereocenters. The van der Waals surface area contributed by atoms with E-state index < -0.39 is 22.8 Å². The summed E-state index contributed by atoms with van der Waals surface area (Å²) >= 11 is 0. The van der Waals surface area contributed by atoms with Crippen molar-refractivity contribution in [3.63, 3.8) is 0 Å². The third kappa shape index (κ3) is 4.58. The maximum Gasteiger partial charge on any atom is 0.269 e. The third-order valence-corrected chi connectivity index (χ3v) is 8.73. The highest BCUT2D eigenvalue weighted by atomic mass is 31.2. The first-order chi connectivity index (χ1) is 16.4. The number of nitrogens with one attached hydrogen (secondary N) is 1. The van der Waals surface area contributed by atoms with Crippen LogP contribution in [0.1, 0.15) is 11.3 Å². The van der Waals surface area contributed by atoms with Crippen molar-refractivity contribution in [1.82, 2.24) is 0 Å². The molecule has 4 rings (SSSR count). The highest BCUT2D eigenvalue weighted by Crippen LogP contribution is 2.57. The van der Waals surface area contributed by atoms with Gasteiger partial charge in [-0.15, -0.1) is 0 Å². The summed E-state index contributed by atoms with van der Waals surface area (Å²) in [7, 11) is -3.41. The number of rotatable bonds is 8. The van der Waals surface area contributed by atoms with E-state index in [1.807, 2.05) is 36.4 Å². The molecule has 0 spiro atoms. The zero-order valence-electron chi connectivity index (χ0n) is 17.9. The van der Waals surface area contributed by atoms with Gasteiger partial charge in [-0.05, 0) is 29.8 Å². The molecule has 1 unspecified atom stereocenters. The van der Waals surface area contributed by atoms with Crippen molar-refractivity contribution >= 4 is 34.8 Å². The van der Waals surface area contributed by atoms with Gasteiger partial charge >= 0.3 is 0 Å². The number of nitro groups is 2. The fourth-order valence-corrected chi connectivity index (χ4v) is 6.79. The van der Waals surface area contributed by atoms with E-state index >= 15 is 4.57 Å². The number of anilines is 1. The van der Waals surface area contributed by atoms with Crippen LogP contribution >= 0.6 is 7.14 Å². The van der Waals surface area contributed by atoms with Crippen LogP contribution in [0.15, 0.2) is 109 Å². The zero-order chi connectivity index (χ0) is 24.1. The highest BCUT2D eigenvalue weighted by molar-refractivity contribution is 7.79. The lowest BCUT2D eigenvalue weighted by Gasteiger charge is -2.30. The molecule has 4 aromatic rings. The van der Waals surface area contributed by atoms with Crippen molar-refractivity contribution in [3.05, 3.63) is 135 Å². The molecule has 0 amide bonds. The van der Waals surface area contributed by atoms with Gasteiger partial charge in [-0.3, -0.25) is 20.2 Å². The van der Waals surface area contributed by atoms with E-state index in [0.717, 1.165) is 0 Å². The first-order valence-electron chi connectivity index (χ1n) is 10.4. The van der Waals surface area contributed by atoms with Crippen molar-refractivity contribution in [1.29, 1.82) is 0 Å². The Morgan fingerprint density at radius 2 is 1.03 bits per heavy atom. The maximum absolute atomic E-state index is 15.0. The third-order valence-electron chi connectivity index (χ3n) is 5.44. The van der Waals surface area contributed by atoms with Crippen molar-refractivity contribution in [2.75, 3.05) is 5.32 Å². The minimum absolute atomic E-state index is 0.0632. The van der Waals surface area contributed by atoms with Gasteiger partial charge in [0.05, 0.1) is 9.85 Å². The average Bonchev–Trinajstić information content (AvgIpc) is 2.88. The average molecular weight is 473 g/mol. The molecule has 0 fully saturated rings. The summed E-state index contributed by atoms with van der Waals surface area (Å²) < 4.78 is 15.0. The minimum Gasteiger partial charge on any atom is -0.371 e. The smallest absolute Gasteiger partial charge is 0.269 e. The van der Waals surface area contributed by atoms with Gasteiger partial charge in [0.1, 0.15) is 5.78 Å². The summed E-state index contributed by atoms with van der Waals surface area (Å²) in [4.78, 5) is 21.3. The minimum atomic E-state index is -3.41. The van der Waals surface area contributed by atoms with Crippen LogP contribution < -0.4 is 15.9 Å². The molecule has 4 aromatic carbocycles. The lowest BCUT2D eigenvalue weighted by Crippen LogP contribution is -2.25. The van der Waals surface area contributed by atoms with E-state index in [1.165, 1.54) is 24.3 Å². The predicted molar refractivity (Wildman–Crippen MR) is 132 cm³/mol. The Kier molecular flexibility index (Phi) is 6.52. The molecule has 1 N–H and O–H groups in total. The molecule has 0 heterocycles. The van der Waals surface area contributed by atoms with Crippen LogP contribution in [0.4, 0.5) is 17.1 Å². The van der Waals surface area contributed by atoms with Crippen LogP contribution in [-0.2, 0) is 4.57 Å². The van der Waals surface area contributed by atoms with Gasteiger partial charge in [0, 0.05) is 40.6 Å². The number of nitrogens with zero attached hydrogens (tertiary/aromatic N) is 2. The van der Waals surface area contributed by atoms with Gasteiger partial charge in [0.25, 0.3) is 11.4 Å². The molecular formula is C25H20N3O5P. The summed E-state index contributed by atoms with van der Waals surface area (Å²) in [6.07, 6.45) is 0. The molecule has 34 heavy (non-hydrogen) atoms. The molecule has 0 saturated carbocycles. The fraction of sp³-hybridized carbons (Fsp3) is 0.0400. The van der Waals surface area contributed by atoms with Crippen molar-refractivity contribution in [2.24, 2.45) is 0 Å². The monoisotopic (exact) mass is 473 g/mol. The van der Waals surface area contributed by atoms with E-state index in [2.05, 4.69) is 5.32 Å². The first-order valence-corrected chi connectivity index (χ1v) is 12.1. The Labute approximate surface area is 195 Å². The van der Waals surface area contributed by atoms with Crippen molar-refractivity contribution in [3.8, 4) is 0 Å². The molecule has 0 radical (unpaired) electrons. The van der Waals surface area contributed by atoms with Crippen LogP contribution in [0.2, 0.25) is 0 Å². The second-order valence-corrected chi connectivity index (χ2v) is 10.4. The number of nitro benzene ring substituents is 2. The Hall–Kier alpha value is -4.29. The Morgan fingerprint density at radius 1 is 0.618 bits per heavy atom. The number of hydrogen-bond acceptors (Lipinski definition) is 6. The largest absolute Gasteiger partial charge is 0.371 e. The molecular weight excluding hydrogens is 453 g/mol. The normalized spacial score (nSPS) is 12.0. The van der Waals surface area contributed by atoms with Gasteiger partial charge in [-0.2, -0.15) is 0 Å². The second-order valence-electron chi connectivity index (χ2n) is 7.53. The summed E-state index contributed by atoms with van der Waals surface area (Å²) in [5.41, 5.74) is 0.972. The number of hydrogen-bond donors (Lipinski definition) is 1. The zero-order valence-corrected chi connectivity index (χ0v) is 18.7. The molecule has 8 nitrogen and oxygen atoms in total. The number of benzene rings is 4. The van der Waals surface area contributed by atoms with E-state index in [-0.39, 0.29) is 11.4 Å².